The van der Waals surface area contributed by atoms with Gasteiger partial charge in [0.25, 0.3) is 0 Å². The first-order valence-electron chi connectivity index (χ1n) is 7.04. The number of hydrogen-bond acceptors (Lipinski definition) is 3. The molecule has 0 saturated heterocycles. The maximum absolute atomic E-state index is 11.6. The fraction of sp³-hybridized carbons (Fsp3) is 0.786. The van der Waals surface area contributed by atoms with Gasteiger partial charge < -0.3 is 15.7 Å². The molecule has 0 aliphatic carbocycles. The minimum Gasteiger partial charge on any atom is -0.480 e. The SMILES string of the molecule is CC(C)CC(NC(=O)CCCC(=O)NC(C)C)C(=O)O. The highest BCUT2D eigenvalue weighted by Gasteiger charge is 2.20. The fourth-order valence-corrected chi connectivity index (χ4v) is 1.76. The van der Waals surface area contributed by atoms with E-state index in [-0.39, 0.29) is 36.6 Å². The summed E-state index contributed by atoms with van der Waals surface area (Å²) in [6.45, 7) is 7.54. The van der Waals surface area contributed by atoms with E-state index in [0.29, 0.717) is 12.8 Å². The quantitative estimate of drug-likeness (QED) is 0.595. The number of nitrogens with one attached hydrogen (secondary N) is 2. The minimum absolute atomic E-state index is 0.0822. The Labute approximate surface area is 120 Å². The van der Waals surface area contributed by atoms with Crippen LogP contribution in [0.2, 0.25) is 0 Å². The van der Waals surface area contributed by atoms with Crippen molar-refractivity contribution >= 4 is 17.8 Å². The van der Waals surface area contributed by atoms with Crippen molar-refractivity contribution in [2.75, 3.05) is 0 Å². The Hall–Kier alpha value is -1.59. The van der Waals surface area contributed by atoms with Gasteiger partial charge in [0, 0.05) is 18.9 Å². The zero-order valence-electron chi connectivity index (χ0n) is 12.7. The van der Waals surface area contributed by atoms with Gasteiger partial charge in [-0.15, -0.1) is 0 Å². The third-order valence-corrected chi connectivity index (χ3v) is 2.60. The highest BCUT2D eigenvalue weighted by Crippen LogP contribution is 2.06. The van der Waals surface area contributed by atoms with E-state index >= 15 is 0 Å². The summed E-state index contributed by atoms with van der Waals surface area (Å²) in [6, 6.07) is -0.772. The van der Waals surface area contributed by atoms with E-state index < -0.39 is 12.0 Å². The van der Waals surface area contributed by atoms with Gasteiger partial charge in [-0.25, -0.2) is 4.79 Å². The monoisotopic (exact) mass is 286 g/mol. The van der Waals surface area contributed by atoms with Crippen LogP contribution in [0.3, 0.4) is 0 Å². The smallest absolute Gasteiger partial charge is 0.326 e. The topological polar surface area (TPSA) is 95.5 Å². The van der Waals surface area contributed by atoms with Crippen molar-refractivity contribution in [3.8, 4) is 0 Å². The van der Waals surface area contributed by atoms with Gasteiger partial charge in [0.1, 0.15) is 6.04 Å². The summed E-state index contributed by atoms with van der Waals surface area (Å²) in [7, 11) is 0. The van der Waals surface area contributed by atoms with Gasteiger partial charge in [-0.05, 0) is 32.6 Å². The van der Waals surface area contributed by atoms with Crippen LogP contribution in [0.25, 0.3) is 0 Å². The molecule has 2 amide bonds. The van der Waals surface area contributed by atoms with Crippen LogP contribution in [0.1, 0.15) is 53.4 Å². The molecule has 0 fully saturated rings. The van der Waals surface area contributed by atoms with Crippen molar-refractivity contribution in [2.24, 2.45) is 5.92 Å². The van der Waals surface area contributed by atoms with Crippen LogP contribution in [-0.4, -0.2) is 35.0 Å². The fourth-order valence-electron chi connectivity index (χ4n) is 1.76. The molecule has 20 heavy (non-hydrogen) atoms. The molecule has 0 heterocycles. The molecule has 0 aliphatic heterocycles. The zero-order chi connectivity index (χ0) is 15.7. The van der Waals surface area contributed by atoms with Gasteiger partial charge in [0.2, 0.25) is 11.8 Å². The number of carbonyl (C=O) groups excluding carboxylic acids is 2. The molecule has 0 spiro atoms. The maximum Gasteiger partial charge on any atom is 0.326 e. The average Bonchev–Trinajstić information content (AvgIpc) is 2.26. The molecule has 0 aromatic rings. The Kier molecular flexibility index (Phi) is 8.59. The van der Waals surface area contributed by atoms with E-state index in [1.807, 2.05) is 27.7 Å². The Bertz CT molecular complexity index is 340. The van der Waals surface area contributed by atoms with E-state index in [4.69, 9.17) is 5.11 Å². The van der Waals surface area contributed by atoms with Gasteiger partial charge >= 0.3 is 5.97 Å². The third kappa shape index (κ3) is 9.35. The molecule has 1 unspecified atom stereocenters. The number of carboxylic acid groups (broad SMARTS) is 1. The van der Waals surface area contributed by atoms with E-state index in [1.165, 1.54) is 0 Å². The Morgan fingerprint density at radius 3 is 1.85 bits per heavy atom. The van der Waals surface area contributed by atoms with Crippen molar-refractivity contribution in [3.05, 3.63) is 0 Å². The van der Waals surface area contributed by atoms with E-state index in [9.17, 15) is 14.4 Å². The van der Waals surface area contributed by atoms with Crippen molar-refractivity contribution in [1.82, 2.24) is 10.6 Å². The molecule has 0 aliphatic rings. The molecule has 0 aromatic heterocycles. The highest BCUT2D eigenvalue weighted by atomic mass is 16.4. The van der Waals surface area contributed by atoms with Gasteiger partial charge in [0.05, 0.1) is 0 Å². The first-order chi connectivity index (χ1) is 9.22. The molecule has 3 N–H and O–H groups in total. The lowest BCUT2D eigenvalue weighted by Crippen LogP contribution is -2.41. The van der Waals surface area contributed by atoms with Crippen LogP contribution in [0.4, 0.5) is 0 Å². The summed E-state index contributed by atoms with van der Waals surface area (Å²) in [5, 5.41) is 14.2. The number of carboxylic acids is 1. The number of carbonyl (C=O) groups is 3. The average molecular weight is 286 g/mol. The summed E-state index contributed by atoms with van der Waals surface area (Å²) in [5.74, 6) is -1.25. The third-order valence-electron chi connectivity index (χ3n) is 2.60. The number of rotatable bonds is 9. The van der Waals surface area contributed by atoms with Crippen LogP contribution >= 0.6 is 0 Å². The summed E-state index contributed by atoms with van der Waals surface area (Å²) in [5.41, 5.74) is 0. The molecule has 0 rings (SSSR count). The van der Waals surface area contributed by atoms with Crippen molar-refractivity contribution in [2.45, 2.75) is 65.5 Å². The van der Waals surface area contributed by atoms with Crippen LogP contribution in [0.5, 0.6) is 0 Å². The molecule has 6 nitrogen and oxygen atoms in total. The molecule has 0 aromatic carbocycles. The zero-order valence-corrected chi connectivity index (χ0v) is 12.7. The van der Waals surface area contributed by atoms with Gasteiger partial charge in [-0.2, -0.15) is 0 Å². The number of hydrogen-bond donors (Lipinski definition) is 3. The predicted octanol–water partition coefficient (Wildman–Crippen LogP) is 1.30. The van der Waals surface area contributed by atoms with E-state index in [2.05, 4.69) is 10.6 Å². The lowest BCUT2D eigenvalue weighted by Gasteiger charge is -2.16. The molecular formula is C14H26N2O4. The molecule has 0 saturated carbocycles. The van der Waals surface area contributed by atoms with Gasteiger partial charge in [-0.1, -0.05) is 13.8 Å². The second-order valence-corrected chi connectivity index (χ2v) is 5.66. The largest absolute Gasteiger partial charge is 0.480 e. The van der Waals surface area contributed by atoms with Gasteiger partial charge in [-0.3, -0.25) is 9.59 Å². The van der Waals surface area contributed by atoms with Crippen molar-refractivity contribution < 1.29 is 19.5 Å². The molecule has 6 heteroatoms. The maximum atomic E-state index is 11.6. The summed E-state index contributed by atoms with van der Waals surface area (Å²) in [6.07, 6.45) is 1.24. The second-order valence-electron chi connectivity index (χ2n) is 5.66. The van der Waals surface area contributed by atoms with Crippen LogP contribution < -0.4 is 10.6 Å². The highest BCUT2D eigenvalue weighted by molar-refractivity contribution is 5.84. The molecular weight excluding hydrogens is 260 g/mol. The van der Waals surface area contributed by atoms with Crippen molar-refractivity contribution in [3.63, 3.8) is 0 Å². The lowest BCUT2D eigenvalue weighted by atomic mass is 10.0. The molecule has 0 bridgehead atoms. The second kappa shape index (κ2) is 9.34. The van der Waals surface area contributed by atoms with Crippen molar-refractivity contribution in [1.29, 1.82) is 0 Å². The standard InChI is InChI=1S/C14H26N2O4/c1-9(2)8-11(14(19)20)16-13(18)7-5-6-12(17)15-10(3)4/h9-11H,5-8H2,1-4H3,(H,15,17)(H,16,18)(H,19,20). The van der Waals surface area contributed by atoms with E-state index in [0.717, 1.165) is 0 Å². The number of aliphatic carboxylic acids is 1. The normalized spacial score (nSPS) is 12.3. The van der Waals surface area contributed by atoms with Gasteiger partial charge in [0.15, 0.2) is 0 Å². The van der Waals surface area contributed by atoms with Crippen LogP contribution in [-0.2, 0) is 14.4 Å². The first-order valence-corrected chi connectivity index (χ1v) is 7.04. The van der Waals surface area contributed by atoms with E-state index in [1.54, 1.807) is 0 Å². The summed E-state index contributed by atoms with van der Waals surface area (Å²) in [4.78, 5) is 34.0. The molecule has 116 valence electrons. The lowest BCUT2D eigenvalue weighted by molar-refractivity contribution is -0.142. The Morgan fingerprint density at radius 2 is 1.45 bits per heavy atom. The predicted molar refractivity (Wildman–Crippen MR) is 76.2 cm³/mol. The minimum atomic E-state index is -1.02. The summed E-state index contributed by atoms with van der Waals surface area (Å²) < 4.78 is 0. The Morgan fingerprint density at radius 1 is 0.950 bits per heavy atom. The van der Waals surface area contributed by atoms with Crippen LogP contribution in [0, 0.1) is 5.92 Å². The first kappa shape index (κ1) is 18.4. The molecule has 0 radical (unpaired) electrons. The van der Waals surface area contributed by atoms with Crippen LogP contribution in [0.15, 0.2) is 0 Å². The number of amides is 2. The summed E-state index contributed by atoms with van der Waals surface area (Å²) >= 11 is 0. The molecule has 1 atom stereocenters. The Balaban J connectivity index is 4.02.